The van der Waals surface area contributed by atoms with Gasteiger partial charge >= 0.3 is 0 Å². The SMILES string of the molecule is N[C@@H]1CC(=O)N(C2CC2)C1=O. The summed E-state index contributed by atoms with van der Waals surface area (Å²) in [7, 11) is 0. The minimum absolute atomic E-state index is 0.0926. The summed E-state index contributed by atoms with van der Waals surface area (Å²) >= 11 is 0. The van der Waals surface area contributed by atoms with Gasteiger partial charge in [-0.15, -0.1) is 0 Å². The summed E-state index contributed by atoms with van der Waals surface area (Å²) in [6.45, 7) is 0. The van der Waals surface area contributed by atoms with Crippen LogP contribution >= 0.6 is 0 Å². The molecule has 2 aliphatic rings. The second-order valence-electron chi connectivity index (χ2n) is 3.14. The van der Waals surface area contributed by atoms with E-state index in [1.54, 1.807) is 0 Å². The molecule has 0 spiro atoms. The molecule has 4 heteroatoms. The third-order valence-corrected chi connectivity index (χ3v) is 2.13. The van der Waals surface area contributed by atoms with Crippen LogP contribution in [-0.4, -0.2) is 28.8 Å². The van der Waals surface area contributed by atoms with Gasteiger partial charge in [-0.3, -0.25) is 14.5 Å². The van der Waals surface area contributed by atoms with Gasteiger partial charge < -0.3 is 5.73 Å². The highest BCUT2D eigenvalue weighted by molar-refractivity contribution is 6.05. The summed E-state index contributed by atoms with van der Waals surface area (Å²) < 4.78 is 0. The minimum Gasteiger partial charge on any atom is -0.319 e. The van der Waals surface area contributed by atoms with E-state index in [1.165, 1.54) is 4.90 Å². The van der Waals surface area contributed by atoms with Crippen molar-refractivity contribution in [1.82, 2.24) is 4.90 Å². The predicted molar refractivity (Wildman–Crippen MR) is 37.5 cm³/mol. The standard InChI is InChI=1S/C7H10N2O2/c8-5-3-6(10)9(7(5)11)4-1-2-4/h4-5H,1-3,8H2/t5-/m1/s1. The van der Waals surface area contributed by atoms with E-state index in [9.17, 15) is 9.59 Å². The van der Waals surface area contributed by atoms with Crippen molar-refractivity contribution in [3.63, 3.8) is 0 Å². The number of hydrogen-bond acceptors (Lipinski definition) is 3. The number of rotatable bonds is 1. The molecule has 1 aliphatic heterocycles. The van der Waals surface area contributed by atoms with Crippen LogP contribution in [0.4, 0.5) is 0 Å². The molecule has 2 fully saturated rings. The van der Waals surface area contributed by atoms with Gasteiger partial charge in [0.2, 0.25) is 11.8 Å². The molecule has 2 rings (SSSR count). The Hall–Kier alpha value is -0.900. The van der Waals surface area contributed by atoms with E-state index in [2.05, 4.69) is 0 Å². The number of hydrogen-bond donors (Lipinski definition) is 1. The maximum absolute atomic E-state index is 11.2. The third-order valence-electron chi connectivity index (χ3n) is 2.13. The number of nitrogens with zero attached hydrogens (tertiary/aromatic N) is 1. The Bertz CT molecular complexity index is 222. The van der Waals surface area contributed by atoms with Crippen molar-refractivity contribution in [3.05, 3.63) is 0 Å². The summed E-state index contributed by atoms with van der Waals surface area (Å²) in [5, 5.41) is 0. The molecular formula is C7H10N2O2. The fourth-order valence-electron chi connectivity index (χ4n) is 1.39. The molecule has 2 N–H and O–H groups in total. The second-order valence-corrected chi connectivity index (χ2v) is 3.14. The summed E-state index contributed by atoms with van der Waals surface area (Å²) in [4.78, 5) is 23.6. The van der Waals surface area contributed by atoms with Gasteiger partial charge in [0, 0.05) is 6.04 Å². The van der Waals surface area contributed by atoms with Gasteiger partial charge in [0.15, 0.2) is 0 Å². The maximum atomic E-state index is 11.2. The van der Waals surface area contributed by atoms with Crippen molar-refractivity contribution in [2.75, 3.05) is 0 Å². The van der Waals surface area contributed by atoms with Gasteiger partial charge in [-0.2, -0.15) is 0 Å². The molecule has 11 heavy (non-hydrogen) atoms. The van der Waals surface area contributed by atoms with Gasteiger partial charge in [-0.1, -0.05) is 0 Å². The van der Waals surface area contributed by atoms with Gasteiger partial charge in [-0.05, 0) is 12.8 Å². The fraction of sp³-hybridized carbons (Fsp3) is 0.714. The van der Waals surface area contributed by atoms with E-state index >= 15 is 0 Å². The lowest BCUT2D eigenvalue weighted by molar-refractivity contribution is -0.139. The smallest absolute Gasteiger partial charge is 0.246 e. The number of carbonyl (C=O) groups is 2. The minimum atomic E-state index is -0.567. The molecule has 0 bridgehead atoms. The summed E-state index contributed by atoms with van der Waals surface area (Å²) in [5.41, 5.74) is 5.41. The van der Waals surface area contributed by atoms with Crippen LogP contribution < -0.4 is 5.73 Å². The largest absolute Gasteiger partial charge is 0.319 e. The van der Waals surface area contributed by atoms with Crippen molar-refractivity contribution < 1.29 is 9.59 Å². The van der Waals surface area contributed by atoms with Gasteiger partial charge in [-0.25, -0.2) is 0 Å². The molecule has 60 valence electrons. The quantitative estimate of drug-likeness (QED) is 0.505. The molecule has 0 aromatic rings. The first-order chi connectivity index (χ1) is 5.20. The Morgan fingerprint density at radius 1 is 1.36 bits per heavy atom. The van der Waals surface area contributed by atoms with Crippen LogP contribution in [0.5, 0.6) is 0 Å². The van der Waals surface area contributed by atoms with Crippen LogP contribution in [-0.2, 0) is 9.59 Å². The zero-order valence-corrected chi connectivity index (χ0v) is 6.12. The van der Waals surface area contributed by atoms with E-state index in [-0.39, 0.29) is 24.3 Å². The molecule has 1 saturated carbocycles. The van der Waals surface area contributed by atoms with Crippen molar-refractivity contribution >= 4 is 11.8 Å². The lowest BCUT2D eigenvalue weighted by Crippen LogP contribution is -2.36. The molecule has 1 saturated heterocycles. The van der Waals surface area contributed by atoms with E-state index in [4.69, 9.17) is 5.73 Å². The topological polar surface area (TPSA) is 63.4 Å². The van der Waals surface area contributed by atoms with Crippen LogP contribution in [0.15, 0.2) is 0 Å². The first kappa shape index (κ1) is 6.79. The number of nitrogens with two attached hydrogens (primary N) is 1. The van der Waals surface area contributed by atoms with Crippen LogP contribution in [0.3, 0.4) is 0 Å². The number of amides is 2. The Balaban J connectivity index is 2.17. The van der Waals surface area contributed by atoms with Crippen molar-refractivity contribution in [1.29, 1.82) is 0 Å². The average molecular weight is 154 g/mol. The van der Waals surface area contributed by atoms with Crippen molar-refractivity contribution in [3.8, 4) is 0 Å². The summed E-state index contributed by atoms with van der Waals surface area (Å²) in [6.07, 6.45) is 2.13. The van der Waals surface area contributed by atoms with Crippen LogP contribution in [0.25, 0.3) is 0 Å². The van der Waals surface area contributed by atoms with Gasteiger partial charge in [0.25, 0.3) is 0 Å². The molecule has 0 aromatic carbocycles. The highest BCUT2D eigenvalue weighted by atomic mass is 16.2. The Morgan fingerprint density at radius 2 is 2.00 bits per heavy atom. The number of imide groups is 1. The Kier molecular flexibility index (Phi) is 1.26. The number of carbonyl (C=O) groups excluding carboxylic acids is 2. The predicted octanol–water partition coefficient (Wildman–Crippen LogP) is -0.765. The zero-order chi connectivity index (χ0) is 8.01. The molecule has 4 nitrogen and oxygen atoms in total. The summed E-state index contributed by atoms with van der Waals surface area (Å²) in [6, 6.07) is -0.383. The van der Waals surface area contributed by atoms with E-state index in [0.29, 0.717) is 0 Å². The zero-order valence-electron chi connectivity index (χ0n) is 6.12. The van der Waals surface area contributed by atoms with Crippen LogP contribution in [0, 0.1) is 0 Å². The van der Waals surface area contributed by atoms with Crippen LogP contribution in [0.1, 0.15) is 19.3 Å². The molecular weight excluding hydrogens is 144 g/mol. The van der Waals surface area contributed by atoms with E-state index in [0.717, 1.165) is 12.8 Å². The molecule has 1 aliphatic carbocycles. The van der Waals surface area contributed by atoms with Gasteiger partial charge in [0.1, 0.15) is 0 Å². The molecule has 0 aromatic heterocycles. The lowest BCUT2D eigenvalue weighted by atomic mass is 10.3. The fourth-order valence-corrected chi connectivity index (χ4v) is 1.39. The molecule has 0 unspecified atom stereocenters. The Labute approximate surface area is 64.3 Å². The maximum Gasteiger partial charge on any atom is 0.246 e. The van der Waals surface area contributed by atoms with Crippen molar-refractivity contribution in [2.45, 2.75) is 31.3 Å². The highest BCUT2D eigenvalue weighted by Gasteiger charge is 2.44. The first-order valence-corrected chi connectivity index (χ1v) is 3.81. The molecule has 1 atom stereocenters. The van der Waals surface area contributed by atoms with Crippen molar-refractivity contribution in [2.24, 2.45) is 5.73 Å². The highest BCUT2D eigenvalue weighted by Crippen LogP contribution is 2.30. The summed E-state index contributed by atoms with van der Waals surface area (Å²) in [5.74, 6) is -0.275. The molecule has 2 amide bonds. The van der Waals surface area contributed by atoms with E-state index in [1.807, 2.05) is 0 Å². The first-order valence-electron chi connectivity index (χ1n) is 3.81. The van der Waals surface area contributed by atoms with Gasteiger partial charge in [0.05, 0.1) is 12.5 Å². The average Bonchev–Trinajstić information content (AvgIpc) is 2.68. The monoisotopic (exact) mass is 154 g/mol. The lowest BCUT2D eigenvalue weighted by Gasteiger charge is -2.11. The molecule has 1 heterocycles. The third kappa shape index (κ3) is 0.939. The second kappa shape index (κ2) is 2.04. The van der Waals surface area contributed by atoms with Crippen LogP contribution in [0.2, 0.25) is 0 Å². The van der Waals surface area contributed by atoms with E-state index < -0.39 is 6.04 Å². The number of likely N-dealkylation sites (tertiary alicyclic amines) is 1. The molecule has 0 radical (unpaired) electrons. The Morgan fingerprint density at radius 3 is 2.36 bits per heavy atom. The normalized spacial score (nSPS) is 31.7.